The average Bonchev–Trinajstić information content (AvgIpc) is 3.21. The van der Waals surface area contributed by atoms with Crippen molar-refractivity contribution in [3.05, 3.63) is 34.8 Å². The molecule has 4 aliphatic carbocycles. The second kappa shape index (κ2) is 8.90. The molecule has 6 rings (SSSR count). The van der Waals surface area contributed by atoms with Gasteiger partial charge in [-0.2, -0.15) is 0 Å². The Kier molecular flexibility index (Phi) is 6.07. The summed E-state index contributed by atoms with van der Waals surface area (Å²) in [5.74, 6) is 3.63. The van der Waals surface area contributed by atoms with E-state index in [-0.39, 0.29) is 28.7 Å². The zero-order valence-corrected chi connectivity index (χ0v) is 22.0. The highest BCUT2D eigenvalue weighted by molar-refractivity contribution is 5.75. The Labute approximate surface area is 213 Å². The Morgan fingerprint density at radius 1 is 1.08 bits per heavy atom. The summed E-state index contributed by atoms with van der Waals surface area (Å²) in [5, 5.41) is 22.3. The maximum Gasteiger partial charge on any atom is 0.346 e. The first-order valence-electron chi connectivity index (χ1n) is 14.3. The summed E-state index contributed by atoms with van der Waals surface area (Å²) >= 11 is 0. The predicted molar refractivity (Wildman–Crippen MR) is 138 cm³/mol. The molecular formula is C30H42N2O4. The summed E-state index contributed by atoms with van der Waals surface area (Å²) < 4.78 is 5.54. The molecule has 1 unspecified atom stereocenters. The third-order valence-corrected chi connectivity index (χ3v) is 11.7. The van der Waals surface area contributed by atoms with Crippen LogP contribution in [0.2, 0.25) is 0 Å². The van der Waals surface area contributed by atoms with E-state index in [1.807, 2.05) is 0 Å². The molecule has 2 N–H and O–H groups in total. The van der Waals surface area contributed by atoms with Gasteiger partial charge in [0, 0.05) is 12.6 Å². The van der Waals surface area contributed by atoms with Crippen molar-refractivity contribution >= 4 is 10.9 Å². The summed E-state index contributed by atoms with van der Waals surface area (Å²) in [5.41, 5.74) is 0.795. The number of aromatic nitrogens is 2. The first-order chi connectivity index (χ1) is 17.2. The van der Waals surface area contributed by atoms with E-state index in [2.05, 4.69) is 30.7 Å². The Balaban J connectivity index is 1.18. The molecule has 0 amide bonds. The van der Waals surface area contributed by atoms with E-state index in [1.54, 1.807) is 18.5 Å². The minimum absolute atomic E-state index is 0.185. The fourth-order valence-electron chi connectivity index (χ4n) is 9.80. The lowest BCUT2D eigenvalue weighted by atomic mass is 9.43. The van der Waals surface area contributed by atoms with Gasteiger partial charge in [-0.1, -0.05) is 20.8 Å². The second-order valence-corrected chi connectivity index (χ2v) is 13.3. The SMILES string of the molecule is C[C@H](CCc1nc2cnccc2c(=O)o1)[C@H]1CC[C@H]2[C@H]3C(CC[C@]12C)[C@@]1(C)CC[C@@H](O)C[C@H]1C[C@@H]3O. The zero-order chi connectivity index (χ0) is 25.2. The number of aliphatic hydroxyl groups excluding tert-OH is 2. The van der Waals surface area contributed by atoms with Crippen LogP contribution in [0.5, 0.6) is 0 Å². The van der Waals surface area contributed by atoms with Gasteiger partial charge in [-0.3, -0.25) is 4.98 Å². The molecule has 36 heavy (non-hydrogen) atoms. The lowest BCUT2D eigenvalue weighted by molar-refractivity contribution is -0.174. The maximum absolute atomic E-state index is 12.4. The Bertz CT molecular complexity index is 1180. The van der Waals surface area contributed by atoms with Gasteiger partial charge in [0.05, 0.1) is 29.3 Å². The summed E-state index contributed by atoms with van der Waals surface area (Å²) in [6, 6.07) is 1.66. The number of aryl methyl sites for hydroxylation is 1. The average molecular weight is 495 g/mol. The van der Waals surface area contributed by atoms with Crippen LogP contribution < -0.4 is 5.63 Å². The van der Waals surface area contributed by atoms with E-state index in [0.29, 0.717) is 58.7 Å². The standard InChI is InChI=1S/C30H42N2O4/c1-17(4-7-26-32-24-16-31-13-10-20(24)28(35)36-26)21-5-6-22-27-23(9-12-30(21,22)3)29(2)11-8-19(33)14-18(29)15-25(27)34/h10,13,16-19,21-23,25,27,33-34H,4-9,11-12,14-15H2,1-3H3/t17-,18+,19-,21-,22+,23?,25+,27+,29+,30-/m1/s1. The van der Waals surface area contributed by atoms with Crippen molar-refractivity contribution in [2.45, 2.75) is 97.2 Å². The molecule has 2 aromatic heterocycles. The molecule has 0 aliphatic heterocycles. The fraction of sp³-hybridized carbons (Fsp3) is 0.767. The van der Waals surface area contributed by atoms with Gasteiger partial charge in [0.1, 0.15) is 0 Å². The van der Waals surface area contributed by atoms with E-state index >= 15 is 0 Å². The minimum atomic E-state index is -0.329. The first kappa shape index (κ1) is 24.5. The van der Waals surface area contributed by atoms with Crippen molar-refractivity contribution in [1.29, 1.82) is 0 Å². The van der Waals surface area contributed by atoms with Crippen LogP contribution in [0, 0.1) is 46.3 Å². The smallest absolute Gasteiger partial charge is 0.346 e. The van der Waals surface area contributed by atoms with Crippen molar-refractivity contribution in [2.75, 3.05) is 0 Å². The largest absolute Gasteiger partial charge is 0.408 e. The van der Waals surface area contributed by atoms with Gasteiger partial charge in [-0.15, -0.1) is 0 Å². The second-order valence-electron chi connectivity index (χ2n) is 13.3. The number of pyridine rings is 1. The molecule has 4 aliphatic rings. The van der Waals surface area contributed by atoms with Crippen molar-refractivity contribution in [2.24, 2.45) is 46.3 Å². The zero-order valence-electron chi connectivity index (χ0n) is 22.0. The summed E-state index contributed by atoms with van der Waals surface area (Å²) in [6.07, 6.45) is 13.0. The molecular weight excluding hydrogens is 452 g/mol. The van der Waals surface area contributed by atoms with Crippen LogP contribution >= 0.6 is 0 Å². The Hall–Kier alpha value is -1.79. The number of hydrogen-bond acceptors (Lipinski definition) is 6. The molecule has 4 saturated carbocycles. The number of aliphatic hydroxyl groups is 2. The Morgan fingerprint density at radius 2 is 1.86 bits per heavy atom. The van der Waals surface area contributed by atoms with Gasteiger partial charge < -0.3 is 14.6 Å². The molecule has 0 aromatic carbocycles. The Morgan fingerprint density at radius 3 is 2.69 bits per heavy atom. The van der Waals surface area contributed by atoms with Crippen LogP contribution in [0.4, 0.5) is 0 Å². The van der Waals surface area contributed by atoms with Gasteiger partial charge >= 0.3 is 5.63 Å². The van der Waals surface area contributed by atoms with Crippen molar-refractivity contribution in [3.8, 4) is 0 Å². The van der Waals surface area contributed by atoms with Gasteiger partial charge in [-0.25, -0.2) is 9.78 Å². The summed E-state index contributed by atoms with van der Waals surface area (Å²) in [4.78, 5) is 21.0. The van der Waals surface area contributed by atoms with E-state index in [0.717, 1.165) is 32.1 Å². The van der Waals surface area contributed by atoms with Crippen LogP contribution in [-0.4, -0.2) is 32.4 Å². The molecule has 0 spiro atoms. The number of fused-ring (bicyclic) bond motifs is 6. The van der Waals surface area contributed by atoms with E-state index < -0.39 is 0 Å². The van der Waals surface area contributed by atoms with Crippen LogP contribution in [0.1, 0.15) is 84.4 Å². The van der Waals surface area contributed by atoms with E-state index in [1.165, 1.54) is 25.7 Å². The molecule has 4 fully saturated rings. The van der Waals surface area contributed by atoms with Crippen LogP contribution in [0.3, 0.4) is 0 Å². The third kappa shape index (κ3) is 3.77. The lowest BCUT2D eigenvalue weighted by Gasteiger charge is -2.62. The van der Waals surface area contributed by atoms with Crippen molar-refractivity contribution in [3.63, 3.8) is 0 Å². The molecule has 196 valence electrons. The highest BCUT2D eigenvalue weighted by atomic mass is 16.4. The van der Waals surface area contributed by atoms with Crippen molar-refractivity contribution in [1.82, 2.24) is 9.97 Å². The van der Waals surface area contributed by atoms with Gasteiger partial charge in [0.15, 0.2) is 5.89 Å². The maximum atomic E-state index is 12.4. The number of rotatable bonds is 4. The van der Waals surface area contributed by atoms with Crippen molar-refractivity contribution < 1.29 is 14.6 Å². The lowest BCUT2D eigenvalue weighted by Crippen LogP contribution is -2.58. The molecule has 0 radical (unpaired) electrons. The van der Waals surface area contributed by atoms with Gasteiger partial charge in [-0.05, 0) is 110 Å². The van der Waals surface area contributed by atoms with Gasteiger partial charge in [0.25, 0.3) is 0 Å². The third-order valence-electron chi connectivity index (χ3n) is 11.7. The van der Waals surface area contributed by atoms with Crippen LogP contribution in [0.25, 0.3) is 10.9 Å². The predicted octanol–water partition coefficient (Wildman–Crippen LogP) is 5.14. The molecule has 2 heterocycles. The topological polar surface area (TPSA) is 96.5 Å². The monoisotopic (exact) mass is 494 g/mol. The molecule has 10 atom stereocenters. The normalized spacial score (nSPS) is 43.0. The van der Waals surface area contributed by atoms with Crippen LogP contribution in [-0.2, 0) is 6.42 Å². The van der Waals surface area contributed by atoms with Gasteiger partial charge in [0.2, 0.25) is 0 Å². The van der Waals surface area contributed by atoms with Crippen LogP contribution in [0.15, 0.2) is 27.7 Å². The minimum Gasteiger partial charge on any atom is -0.408 e. The van der Waals surface area contributed by atoms with E-state index in [4.69, 9.17) is 4.42 Å². The number of hydrogen-bond donors (Lipinski definition) is 2. The molecule has 0 bridgehead atoms. The summed E-state index contributed by atoms with van der Waals surface area (Å²) in [6.45, 7) is 7.35. The molecule has 0 saturated heterocycles. The highest BCUT2D eigenvalue weighted by Crippen LogP contribution is 2.68. The number of nitrogens with zero attached hydrogens (tertiary/aromatic N) is 2. The van der Waals surface area contributed by atoms with E-state index in [9.17, 15) is 15.0 Å². The summed E-state index contributed by atoms with van der Waals surface area (Å²) in [7, 11) is 0. The first-order valence-corrected chi connectivity index (χ1v) is 14.3. The highest BCUT2D eigenvalue weighted by Gasteiger charge is 2.62. The molecule has 6 heteroatoms. The fourth-order valence-corrected chi connectivity index (χ4v) is 9.80. The molecule has 2 aromatic rings. The quantitative estimate of drug-likeness (QED) is 0.611. The molecule has 6 nitrogen and oxygen atoms in total.